The SMILES string of the molecule is O=C(c1ccc(Cl)c(Cl)c1)N1CCC(CNCc2cccc(-n3ccnc3)n2)CC1. The molecule has 0 unspecified atom stereocenters. The molecular formula is C22H23Cl2N5O. The smallest absolute Gasteiger partial charge is 0.253 e. The summed E-state index contributed by atoms with van der Waals surface area (Å²) in [4.78, 5) is 23.3. The van der Waals surface area contributed by atoms with Crippen molar-refractivity contribution >= 4 is 29.1 Å². The van der Waals surface area contributed by atoms with Crippen LogP contribution in [0.4, 0.5) is 0 Å². The summed E-state index contributed by atoms with van der Waals surface area (Å²) in [5.74, 6) is 1.42. The Bertz CT molecular complexity index is 1000. The van der Waals surface area contributed by atoms with E-state index in [0.717, 1.165) is 44.0 Å². The summed E-state index contributed by atoms with van der Waals surface area (Å²) < 4.78 is 1.89. The monoisotopic (exact) mass is 443 g/mol. The Morgan fingerprint density at radius 1 is 1.13 bits per heavy atom. The number of nitrogens with one attached hydrogen (secondary N) is 1. The molecule has 30 heavy (non-hydrogen) atoms. The number of nitrogens with zero attached hydrogens (tertiary/aromatic N) is 4. The van der Waals surface area contributed by atoms with Gasteiger partial charge in [0, 0.05) is 37.6 Å². The zero-order valence-electron chi connectivity index (χ0n) is 16.5. The third-order valence-electron chi connectivity index (χ3n) is 5.37. The van der Waals surface area contributed by atoms with Crippen molar-refractivity contribution in [2.45, 2.75) is 19.4 Å². The lowest BCUT2D eigenvalue weighted by atomic mass is 9.96. The summed E-state index contributed by atoms with van der Waals surface area (Å²) in [6.45, 7) is 3.12. The maximum Gasteiger partial charge on any atom is 0.253 e. The lowest BCUT2D eigenvalue weighted by Crippen LogP contribution is -2.40. The predicted octanol–water partition coefficient (Wildman–Crippen LogP) is 4.22. The molecule has 0 bridgehead atoms. The number of amides is 1. The molecule has 0 radical (unpaired) electrons. The molecule has 3 heterocycles. The quantitative estimate of drug-likeness (QED) is 0.619. The highest BCUT2D eigenvalue weighted by atomic mass is 35.5. The van der Waals surface area contributed by atoms with Crippen LogP contribution in [0.3, 0.4) is 0 Å². The number of hydrogen-bond acceptors (Lipinski definition) is 4. The topological polar surface area (TPSA) is 63.1 Å². The van der Waals surface area contributed by atoms with Gasteiger partial charge in [-0.15, -0.1) is 0 Å². The largest absolute Gasteiger partial charge is 0.339 e. The summed E-state index contributed by atoms with van der Waals surface area (Å²) in [6.07, 6.45) is 7.32. The van der Waals surface area contributed by atoms with Gasteiger partial charge in [-0.3, -0.25) is 9.36 Å². The Hall–Kier alpha value is -2.41. The molecule has 3 aromatic rings. The first kappa shape index (κ1) is 20.8. The molecule has 1 amide bonds. The summed E-state index contributed by atoms with van der Waals surface area (Å²) in [5, 5.41) is 4.38. The van der Waals surface area contributed by atoms with E-state index in [1.54, 1.807) is 30.7 Å². The van der Waals surface area contributed by atoms with E-state index >= 15 is 0 Å². The average molecular weight is 444 g/mol. The zero-order valence-corrected chi connectivity index (χ0v) is 18.0. The molecule has 1 N–H and O–H groups in total. The molecule has 1 saturated heterocycles. The molecule has 1 fully saturated rings. The van der Waals surface area contributed by atoms with Crippen LogP contribution in [-0.2, 0) is 6.54 Å². The van der Waals surface area contributed by atoms with Crippen LogP contribution < -0.4 is 5.32 Å². The van der Waals surface area contributed by atoms with Gasteiger partial charge in [0.25, 0.3) is 5.91 Å². The second kappa shape index (κ2) is 9.60. The summed E-state index contributed by atoms with van der Waals surface area (Å²) in [5.41, 5.74) is 1.58. The Labute approximate surface area is 185 Å². The second-order valence-electron chi connectivity index (χ2n) is 7.45. The molecule has 1 aliphatic rings. The first-order valence-electron chi connectivity index (χ1n) is 9.99. The van der Waals surface area contributed by atoms with Gasteiger partial charge < -0.3 is 10.2 Å². The van der Waals surface area contributed by atoms with Crippen molar-refractivity contribution in [3.05, 3.63) is 76.4 Å². The summed E-state index contributed by atoms with van der Waals surface area (Å²) >= 11 is 12.0. The summed E-state index contributed by atoms with van der Waals surface area (Å²) in [6, 6.07) is 11.0. The molecule has 8 heteroatoms. The third-order valence-corrected chi connectivity index (χ3v) is 6.11. The van der Waals surface area contributed by atoms with Crippen molar-refractivity contribution in [2.75, 3.05) is 19.6 Å². The fourth-order valence-corrected chi connectivity index (χ4v) is 3.96. The lowest BCUT2D eigenvalue weighted by Gasteiger charge is -2.32. The predicted molar refractivity (Wildman–Crippen MR) is 118 cm³/mol. The maximum absolute atomic E-state index is 12.7. The van der Waals surface area contributed by atoms with Crippen LogP contribution in [0, 0.1) is 5.92 Å². The molecule has 4 rings (SSSR count). The number of carbonyl (C=O) groups is 1. The Morgan fingerprint density at radius 2 is 1.97 bits per heavy atom. The van der Waals surface area contributed by atoms with Crippen LogP contribution >= 0.6 is 23.2 Å². The van der Waals surface area contributed by atoms with E-state index in [-0.39, 0.29) is 5.91 Å². The van der Waals surface area contributed by atoms with Crippen molar-refractivity contribution < 1.29 is 4.79 Å². The van der Waals surface area contributed by atoms with Crippen LogP contribution in [0.1, 0.15) is 28.9 Å². The highest BCUT2D eigenvalue weighted by Gasteiger charge is 2.23. The minimum absolute atomic E-state index is 0.0143. The van der Waals surface area contributed by atoms with Crippen LogP contribution in [-0.4, -0.2) is 45.0 Å². The molecular weight excluding hydrogens is 421 g/mol. The van der Waals surface area contributed by atoms with Crippen LogP contribution in [0.15, 0.2) is 55.1 Å². The Kier molecular flexibility index (Phi) is 6.67. The van der Waals surface area contributed by atoms with Gasteiger partial charge in [0.05, 0.1) is 15.7 Å². The number of pyridine rings is 1. The number of imidazole rings is 1. The lowest BCUT2D eigenvalue weighted by molar-refractivity contribution is 0.0690. The first-order valence-corrected chi connectivity index (χ1v) is 10.7. The molecule has 0 aliphatic carbocycles. The number of aromatic nitrogens is 3. The molecule has 1 aromatic carbocycles. The first-order chi connectivity index (χ1) is 14.6. The standard InChI is InChI=1S/C22H23Cl2N5O/c23-19-5-4-17(12-20(19)24)22(30)28-9-6-16(7-10-28)13-26-14-18-2-1-3-21(27-18)29-11-8-25-15-29/h1-5,8,11-12,15-16,26H,6-7,9-10,13-14H2. The van der Waals surface area contributed by atoms with E-state index in [1.165, 1.54) is 0 Å². The van der Waals surface area contributed by atoms with Crippen molar-refractivity contribution in [2.24, 2.45) is 5.92 Å². The fourth-order valence-electron chi connectivity index (χ4n) is 3.66. The minimum Gasteiger partial charge on any atom is -0.339 e. The van der Waals surface area contributed by atoms with E-state index < -0.39 is 0 Å². The van der Waals surface area contributed by atoms with E-state index in [9.17, 15) is 4.79 Å². The van der Waals surface area contributed by atoms with Crippen molar-refractivity contribution in [3.63, 3.8) is 0 Å². The number of benzene rings is 1. The van der Waals surface area contributed by atoms with Gasteiger partial charge in [-0.05, 0) is 55.6 Å². The van der Waals surface area contributed by atoms with Crippen molar-refractivity contribution in [1.29, 1.82) is 0 Å². The highest BCUT2D eigenvalue weighted by Crippen LogP contribution is 2.25. The number of halogens is 2. The third kappa shape index (κ3) is 5.01. The molecule has 0 atom stereocenters. The maximum atomic E-state index is 12.7. The number of piperidine rings is 1. The van der Waals surface area contributed by atoms with Gasteiger partial charge in [0.2, 0.25) is 0 Å². The van der Waals surface area contributed by atoms with Crippen molar-refractivity contribution in [3.8, 4) is 5.82 Å². The number of hydrogen-bond donors (Lipinski definition) is 1. The molecule has 1 aliphatic heterocycles. The van der Waals surface area contributed by atoms with Crippen LogP contribution in [0.5, 0.6) is 0 Å². The minimum atomic E-state index is 0.0143. The Balaban J connectivity index is 1.24. The fraction of sp³-hybridized carbons (Fsp3) is 0.318. The van der Waals surface area contributed by atoms with E-state index in [4.69, 9.17) is 23.2 Å². The van der Waals surface area contributed by atoms with Gasteiger partial charge in [-0.2, -0.15) is 0 Å². The number of carbonyl (C=O) groups excluding carboxylic acids is 1. The molecule has 6 nitrogen and oxygen atoms in total. The van der Waals surface area contributed by atoms with Gasteiger partial charge in [-0.25, -0.2) is 9.97 Å². The molecule has 2 aromatic heterocycles. The van der Waals surface area contributed by atoms with Gasteiger partial charge in [0.1, 0.15) is 12.1 Å². The van der Waals surface area contributed by atoms with E-state index in [2.05, 4.69) is 15.3 Å². The average Bonchev–Trinajstić information content (AvgIpc) is 3.31. The molecule has 0 spiro atoms. The van der Waals surface area contributed by atoms with Gasteiger partial charge >= 0.3 is 0 Å². The van der Waals surface area contributed by atoms with Crippen molar-refractivity contribution in [1.82, 2.24) is 24.8 Å². The Morgan fingerprint density at radius 3 is 2.70 bits per heavy atom. The molecule has 156 valence electrons. The van der Waals surface area contributed by atoms with E-state index in [0.29, 0.717) is 28.1 Å². The molecule has 0 saturated carbocycles. The highest BCUT2D eigenvalue weighted by molar-refractivity contribution is 6.42. The second-order valence-corrected chi connectivity index (χ2v) is 8.27. The van der Waals surface area contributed by atoms with Crippen LogP contribution in [0.2, 0.25) is 10.0 Å². The number of likely N-dealkylation sites (tertiary alicyclic amines) is 1. The normalized spacial score (nSPS) is 14.8. The summed E-state index contributed by atoms with van der Waals surface area (Å²) in [7, 11) is 0. The van der Waals surface area contributed by atoms with Gasteiger partial charge in [0.15, 0.2) is 0 Å². The van der Waals surface area contributed by atoms with Crippen LogP contribution in [0.25, 0.3) is 5.82 Å². The zero-order chi connectivity index (χ0) is 20.9. The number of rotatable bonds is 6. The van der Waals surface area contributed by atoms with E-state index in [1.807, 2.05) is 33.9 Å². The van der Waals surface area contributed by atoms with Gasteiger partial charge in [-0.1, -0.05) is 29.3 Å².